The monoisotopic (exact) mass is 196 g/mol. The van der Waals surface area contributed by atoms with Gasteiger partial charge in [-0.15, -0.1) is 0 Å². The first-order chi connectivity index (χ1) is 6.75. The first-order valence-electron chi connectivity index (χ1n) is 3.79. The SMILES string of the molecule is O=CONC(c1ccccc1)[N+](=O)[O-]. The molecule has 0 aliphatic heterocycles. The molecule has 6 nitrogen and oxygen atoms in total. The molecule has 1 unspecified atom stereocenters. The van der Waals surface area contributed by atoms with E-state index >= 15 is 0 Å². The molecule has 74 valence electrons. The molecule has 1 N–H and O–H groups in total. The van der Waals surface area contributed by atoms with E-state index in [-0.39, 0.29) is 6.47 Å². The van der Waals surface area contributed by atoms with E-state index in [1.807, 2.05) is 5.48 Å². The minimum Gasteiger partial charge on any atom is -0.367 e. The van der Waals surface area contributed by atoms with Gasteiger partial charge in [0.25, 0.3) is 0 Å². The van der Waals surface area contributed by atoms with Gasteiger partial charge in [-0.05, 0) is 0 Å². The Labute approximate surface area is 79.6 Å². The summed E-state index contributed by atoms with van der Waals surface area (Å²) < 4.78 is 0. The van der Waals surface area contributed by atoms with Crippen molar-refractivity contribution in [2.45, 2.75) is 6.17 Å². The number of carbonyl (C=O) groups excluding carboxylic acids is 1. The van der Waals surface area contributed by atoms with E-state index in [0.717, 1.165) is 0 Å². The molecule has 0 saturated carbocycles. The van der Waals surface area contributed by atoms with Gasteiger partial charge in [0.1, 0.15) is 0 Å². The predicted octanol–water partition coefficient (Wildman–Crippen LogP) is 0.639. The lowest BCUT2D eigenvalue weighted by Crippen LogP contribution is -2.27. The highest BCUT2D eigenvalue weighted by molar-refractivity contribution is 5.36. The molecule has 0 aliphatic carbocycles. The van der Waals surface area contributed by atoms with Crippen LogP contribution in [0, 0.1) is 10.1 Å². The predicted molar refractivity (Wildman–Crippen MR) is 46.5 cm³/mol. The first kappa shape index (κ1) is 10.1. The molecule has 0 bridgehead atoms. The zero-order valence-corrected chi connectivity index (χ0v) is 7.12. The number of rotatable bonds is 5. The van der Waals surface area contributed by atoms with Gasteiger partial charge in [0.2, 0.25) is 0 Å². The molecule has 0 aliphatic rings. The molecule has 1 rings (SSSR count). The van der Waals surface area contributed by atoms with E-state index in [2.05, 4.69) is 4.84 Å². The Morgan fingerprint density at radius 1 is 1.43 bits per heavy atom. The lowest BCUT2D eigenvalue weighted by molar-refractivity contribution is -0.546. The van der Waals surface area contributed by atoms with Crippen molar-refractivity contribution in [1.82, 2.24) is 5.48 Å². The van der Waals surface area contributed by atoms with Gasteiger partial charge in [-0.1, -0.05) is 35.8 Å². The highest BCUT2D eigenvalue weighted by atomic mass is 16.7. The molecule has 1 aromatic carbocycles. The van der Waals surface area contributed by atoms with E-state index in [1.54, 1.807) is 30.3 Å². The van der Waals surface area contributed by atoms with Gasteiger partial charge >= 0.3 is 12.6 Å². The molecule has 0 fully saturated rings. The van der Waals surface area contributed by atoms with Gasteiger partial charge in [0.05, 0.1) is 0 Å². The van der Waals surface area contributed by atoms with Crippen molar-refractivity contribution in [1.29, 1.82) is 0 Å². The third-order valence-electron chi connectivity index (χ3n) is 1.55. The lowest BCUT2D eigenvalue weighted by Gasteiger charge is -2.08. The van der Waals surface area contributed by atoms with Crippen LogP contribution in [0.15, 0.2) is 30.3 Å². The Balaban J connectivity index is 2.78. The van der Waals surface area contributed by atoms with E-state index < -0.39 is 11.1 Å². The van der Waals surface area contributed by atoms with Crippen LogP contribution in [0.1, 0.15) is 11.7 Å². The molecule has 14 heavy (non-hydrogen) atoms. The standard InChI is InChI=1S/C8H8N2O4/c11-6-14-9-8(10(12)13)7-4-2-1-3-5-7/h1-6,8-9H. The van der Waals surface area contributed by atoms with Crippen molar-refractivity contribution in [3.8, 4) is 0 Å². The van der Waals surface area contributed by atoms with Gasteiger partial charge in [0.15, 0.2) is 0 Å². The lowest BCUT2D eigenvalue weighted by atomic mass is 10.2. The average Bonchev–Trinajstić information content (AvgIpc) is 2.19. The first-order valence-corrected chi connectivity index (χ1v) is 3.79. The second kappa shape index (κ2) is 4.93. The van der Waals surface area contributed by atoms with Crippen LogP contribution in [0.2, 0.25) is 0 Å². The zero-order valence-electron chi connectivity index (χ0n) is 7.12. The maximum atomic E-state index is 10.6. The average molecular weight is 196 g/mol. The quantitative estimate of drug-likeness (QED) is 0.323. The van der Waals surface area contributed by atoms with Gasteiger partial charge in [0, 0.05) is 10.5 Å². The van der Waals surface area contributed by atoms with Gasteiger partial charge in [-0.25, -0.2) is 0 Å². The molecule has 0 radical (unpaired) electrons. The number of nitrogens with one attached hydrogen (secondary N) is 1. The molecule has 0 amide bonds. The van der Waals surface area contributed by atoms with Crippen LogP contribution in [0.5, 0.6) is 0 Å². The molecule has 1 aromatic rings. The minimum atomic E-state index is -1.23. The van der Waals surface area contributed by atoms with Crippen LogP contribution in [-0.4, -0.2) is 11.4 Å². The minimum absolute atomic E-state index is 0.0967. The zero-order chi connectivity index (χ0) is 10.4. The van der Waals surface area contributed by atoms with Crippen LogP contribution in [0.25, 0.3) is 0 Å². The van der Waals surface area contributed by atoms with Gasteiger partial charge in [-0.2, -0.15) is 0 Å². The summed E-state index contributed by atoms with van der Waals surface area (Å²) in [7, 11) is 0. The molecular weight excluding hydrogens is 188 g/mol. The fourth-order valence-corrected chi connectivity index (χ4v) is 0.960. The number of nitro groups is 1. The molecule has 0 spiro atoms. The summed E-state index contributed by atoms with van der Waals surface area (Å²) in [5, 5.41) is 10.6. The second-order valence-electron chi connectivity index (χ2n) is 2.43. The third-order valence-corrected chi connectivity index (χ3v) is 1.55. The Bertz CT molecular complexity index is 314. The van der Waals surface area contributed by atoms with Crippen LogP contribution in [0.3, 0.4) is 0 Å². The number of hydroxylamine groups is 1. The molecular formula is C8H8N2O4. The third kappa shape index (κ3) is 2.53. The number of carbonyl (C=O) groups is 1. The van der Waals surface area contributed by atoms with E-state index in [9.17, 15) is 14.9 Å². The summed E-state index contributed by atoms with van der Waals surface area (Å²) >= 11 is 0. The topological polar surface area (TPSA) is 81.5 Å². The summed E-state index contributed by atoms with van der Waals surface area (Å²) in [5.41, 5.74) is 2.43. The summed E-state index contributed by atoms with van der Waals surface area (Å²) in [4.78, 5) is 24.0. The van der Waals surface area contributed by atoms with E-state index in [0.29, 0.717) is 5.56 Å². The largest absolute Gasteiger partial charge is 0.367 e. The normalized spacial score (nSPS) is 11.7. The van der Waals surface area contributed by atoms with Crippen molar-refractivity contribution in [2.24, 2.45) is 0 Å². The maximum absolute atomic E-state index is 10.6. The van der Waals surface area contributed by atoms with Crippen LogP contribution in [-0.2, 0) is 9.63 Å². The summed E-state index contributed by atoms with van der Waals surface area (Å²) in [6, 6.07) is 8.19. The number of benzene rings is 1. The number of nitrogens with zero attached hydrogens (tertiary/aromatic N) is 1. The summed E-state index contributed by atoms with van der Waals surface area (Å²) in [5.74, 6) is 0. The Kier molecular flexibility index (Phi) is 3.57. The number of hydrogen-bond donors (Lipinski definition) is 1. The molecule has 0 saturated heterocycles. The second-order valence-corrected chi connectivity index (χ2v) is 2.43. The van der Waals surface area contributed by atoms with Crippen molar-refractivity contribution < 1.29 is 14.6 Å². The maximum Gasteiger partial charge on any atom is 0.321 e. The van der Waals surface area contributed by atoms with Crippen molar-refractivity contribution in [3.63, 3.8) is 0 Å². The fraction of sp³-hybridized carbons (Fsp3) is 0.125. The highest BCUT2D eigenvalue weighted by Crippen LogP contribution is 2.12. The van der Waals surface area contributed by atoms with Crippen molar-refractivity contribution in [3.05, 3.63) is 46.0 Å². The van der Waals surface area contributed by atoms with Crippen LogP contribution < -0.4 is 5.48 Å². The van der Waals surface area contributed by atoms with Crippen LogP contribution >= 0.6 is 0 Å². The van der Waals surface area contributed by atoms with Crippen LogP contribution in [0.4, 0.5) is 0 Å². The Morgan fingerprint density at radius 2 is 2.07 bits per heavy atom. The number of hydrogen-bond acceptors (Lipinski definition) is 5. The smallest absolute Gasteiger partial charge is 0.321 e. The summed E-state index contributed by atoms with van der Waals surface area (Å²) in [6.07, 6.45) is -1.23. The molecule has 0 aromatic heterocycles. The Hall–Kier alpha value is -1.95. The molecule has 6 heteroatoms. The van der Waals surface area contributed by atoms with E-state index in [4.69, 9.17) is 0 Å². The van der Waals surface area contributed by atoms with Gasteiger partial charge in [-0.3, -0.25) is 14.9 Å². The summed E-state index contributed by atoms with van der Waals surface area (Å²) in [6.45, 7) is 0.0967. The fourth-order valence-electron chi connectivity index (χ4n) is 0.960. The van der Waals surface area contributed by atoms with Gasteiger partial charge < -0.3 is 4.84 Å². The van der Waals surface area contributed by atoms with E-state index in [1.165, 1.54) is 0 Å². The highest BCUT2D eigenvalue weighted by Gasteiger charge is 2.22. The van der Waals surface area contributed by atoms with Crippen molar-refractivity contribution >= 4 is 6.47 Å². The molecule has 1 atom stereocenters. The van der Waals surface area contributed by atoms with Crippen molar-refractivity contribution in [2.75, 3.05) is 0 Å². The Morgan fingerprint density at radius 3 is 2.57 bits per heavy atom. The molecule has 0 heterocycles.